The molecular formula is C28H38N4O. The second kappa shape index (κ2) is 10.1. The molecule has 0 unspecified atom stereocenters. The Morgan fingerprint density at radius 2 is 1.24 bits per heavy atom. The molecule has 2 aromatic carbocycles. The van der Waals surface area contributed by atoms with Crippen LogP contribution in [0.25, 0.3) is 32.8 Å². The molecule has 0 N–H and O–H groups in total. The van der Waals surface area contributed by atoms with Gasteiger partial charge in [0.2, 0.25) is 5.43 Å². The maximum Gasteiger partial charge on any atom is 0.213 e. The van der Waals surface area contributed by atoms with Gasteiger partial charge < -0.3 is 18.9 Å². The van der Waals surface area contributed by atoms with E-state index in [0.29, 0.717) is 0 Å². The van der Waals surface area contributed by atoms with Gasteiger partial charge in [0, 0.05) is 37.0 Å². The highest BCUT2D eigenvalue weighted by molar-refractivity contribution is 6.09. The lowest BCUT2D eigenvalue weighted by Crippen LogP contribution is -2.28. The molecule has 0 bridgehead atoms. The summed E-state index contributed by atoms with van der Waals surface area (Å²) < 4.78 is 4.69. The molecular weight excluding hydrogens is 408 g/mol. The summed E-state index contributed by atoms with van der Waals surface area (Å²) in [5, 5.41) is 2.00. The lowest BCUT2D eigenvalue weighted by molar-refractivity contribution is 0.292. The Morgan fingerprint density at radius 1 is 0.697 bits per heavy atom. The van der Waals surface area contributed by atoms with E-state index in [1.807, 2.05) is 18.2 Å². The molecule has 0 aliphatic carbocycles. The number of pyridine rings is 1. The van der Waals surface area contributed by atoms with E-state index < -0.39 is 0 Å². The minimum absolute atomic E-state index is 0.146. The number of benzene rings is 2. The van der Waals surface area contributed by atoms with Crippen molar-refractivity contribution in [3.8, 4) is 0 Å². The molecule has 176 valence electrons. The highest BCUT2D eigenvalue weighted by Crippen LogP contribution is 2.31. The maximum absolute atomic E-state index is 13.9. The van der Waals surface area contributed by atoms with E-state index >= 15 is 0 Å². The Morgan fingerprint density at radius 3 is 1.85 bits per heavy atom. The Bertz CT molecular complexity index is 1310. The van der Waals surface area contributed by atoms with Gasteiger partial charge in [-0.25, -0.2) is 0 Å². The molecule has 0 atom stereocenters. The average Bonchev–Trinajstić information content (AvgIpc) is 3.15. The first-order valence-corrected chi connectivity index (χ1v) is 12.5. The van der Waals surface area contributed by atoms with Crippen molar-refractivity contribution in [3.63, 3.8) is 0 Å². The minimum atomic E-state index is 0.146. The topological polar surface area (TPSA) is 33.4 Å². The fourth-order valence-corrected chi connectivity index (χ4v) is 5.13. The van der Waals surface area contributed by atoms with Gasteiger partial charge in [0.25, 0.3) is 0 Å². The second-order valence-corrected chi connectivity index (χ2v) is 8.92. The fraction of sp³-hybridized carbons (Fsp3) is 0.464. The van der Waals surface area contributed by atoms with Gasteiger partial charge in [-0.2, -0.15) is 0 Å². The standard InChI is InChI=1S/C28H38N4O/c1-6-29(7-2)16-18-31-24-13-11-10-12-22(24)28(33)27-26(31)23-20-21(5)14-15-25(23)32(27)19-17-30(8-3)9-4/h10-15,20H,6-9,16-19H2,1-5H3. The number of para-hydroxylation sites is 1. The van der Waals surface area contributed by atoms with Crippen LogP contribution < -0.4 is 5.43 Å². The van der Waals surface area contributed by atoms with Crippen LogP contribution >= 0.6 is 0 Å². The zero-order chi connectivity index (χ0) is 23.5. The summed E-state index contributed by atoms with van der Waals surface area (Å²) in [6, 6.07) is 14.7. The van der Waals surface area contributed by atoms with Crippen LogP contribution in [0.2, 0.25) is 0 Å². The Labute approximate surface area is 197 Å². The van der Waals surface area contributed by atoms with Crippen molar-refractivity contribution < 1.29 is 0 Å². The maximum atomic E-state index is 13.9. The summed E-state index contributed by atoms with van der Waals surface area (Å²) in [7, 11) is 0. The summed E-state index contributed by atoms with van der Waals surface area (Å²) >= 11 is 0. The molecule has 4 rings (SSSR count). The van der Waals surface area contributed by atoms with Crippen LogP contribution in [0.4, 0.5) is 0 Å². The molecule has 0 radical (unpaired) electrons. The van der Waals surface area contributed by atoms with Crippen LogP contribution in [-0.2, 0) is 13.1 Å². The monoisotopic (exact) mass is 446 g/mol. The first-order valence-electron chi connectivity index (χ1n) is 12.5. The third-order valence-electron chi connectivity index (χ3n) is 7.19. The minimum Gasteiger partial charge on any atom is -0.337 e. The average molecular weight is 447 g/mol. The van der Waals surface area contributed by atoms with E-state index in [9.17, 15) is 4.79 Å². The van der Waals surface area contributed by atoms with E-state index in [2.05, 4.69) is 77.8 Å². The summed E-state index contributed by atoms with van der Waals surface area (Å²) in [5.41, 5.74) is 5.50. The Balaban J connectivity index is 2.03. The van der Waals surface area contributed by atoms with E-state index in [0.717, 1.165) is 79.8 Å². The van der Waals surface area contributed by atoms with Crippen molar-refractivity contribution in [1.29, 1.82) is 0 Å². The quantitative estimate of drug-likeness (QED) is 0.340. The zero-order valence-corrected chi connectivity index (χ0v) is 20.9. The third kappa shape index (κ3) is 4.32. The predicted molar refractivity (Wildman–Crippen MR) is 142 cm³/mol. The lowest BCUT2D eigenvalue weighted by atomic mass is 10.1. The van der Waals surface area contributed by atoms with Gasteiger partial charge in [0.15, 0.2) is 0 Å². The smallest absolute Gasteiger partial charge is 0.213 e. The van der Waals surface area contributed by atoms with Crippen LogP contribution in [0, 0.1) is 6.92 Å². The van der Waals surface area contributed by atoms with Crippen molar-refractivity contribution in [2.24, 2.45) is 0 Å². The van der Waals surface area contributed by atoms with Gasteiger partial charge in [-0.3, -0.25) is 4.79 Å². The Hall–Kier alpha value is -2.63. The molecule has 2 heterocycles. The molecule has 5 nitrogen and oxygen atoms in total. The molecule has 4 aromatic rings. The van der Waals surface area contributed by atoms with Crippen molar-refractivity contribution in [2.75, 3.05) is 39.3 Å². The summed E-state index contributed by atoms with van der Waals surface area (Å²) in [6.45, 7) is 18.6. The number of likely N-dealkylation sites (N-methyl/N-ethyl adjacent to an activating group) is 2. The van der Waals surface area contributed by atoms with Crippen LogP contribution in [0.1, 0.15) is 33.3 Å². The molecule has 0 spiro atoms. The van der Waals surface area contributed by atoms with Crippen molar-refractivity contribution in [3.05, 3.63) is 58.3 Å². The van der Waals surface area contributed by atoms with Gasteiger partial charge in [-0.1, -0.05) is 51.5 Å². The van der Waals surface area contributed by atoms with E-state index in [-0.39, 0.29) is 5.43 Å². The number of rotatable bonds is 10. The zero-order valence-electron chi connectivity index (χ0n) is 20.9. The van der Waals surface area contributed by atoms with Crippen molar-refractivity contribution >= 4 is 32.8 Å². The number of aryl methyl sites for hydroxylation is 1. The number of hydrogen-bond acceptors (Lipinski definition) is 3. The third-order valence-corrected chi connectivity index (χ3v) is 7.19. The SMILES string of the molecule is CCN(CC)CCn1c2ccc(C)cc2c2c1c(=O)c1ccccc1n2CCN(CC)CC. The molecule has 2 aromatic heterocycles. The van der Waals surface area contributed by atoms with Gasteiger partial charge >= 0.3 is 0 Å². The van der Waals surface area contributed by atoms with Gasteiger partial charge in [-0.05, 0) is 57.4 Å². The van der Waals surface area contributed by atoms with Crippen molar-refractivity contribution in [1.82, 2.24) is 18.9 Å². The van der Waals surface area contributed by atoms with E-state index in [1.54, 1.807) is 0 Å². The van der Waals surface area contributed by atoms with Crippen LogP contribution in [0.3, 0.4) is 0 Å². The molecule has 0 saturated heterocycles. The van der Waals surface area contributed by atoms with Crippen LogP contribution in [0.15, 0.2) is 47.3 Å². The predicted octanol–water partition coefficient (Wildman–Crippen LogP) is 5.10. The fourth-order valence-electron chi connectivity index (χ4n) is 5.13. The largest absolute Gasteiger partial charge is 0.337 e. The molecule has 0 aliphatic heterocycles. The lowest BCUT2D eigenvalue weighted by Gasteiger charge is -2.21. The molecule has 0 fully saturated rings. The highest BCUT2D eigenvalue weighted by Gasteiger charge is 2.20. The van der Waals surface area contributed by atoms with Gasteiger partial charge in [0.05, 0.1) is 16.6 Å². The van der Waals surface area contributed by atoms with E-state index in [4.69, 9.17) is 0 Å². The summed E-state index contributed by atoms with van der Waals surface area (Å²) in [6.07, 6.45) is 0. The van der Waals surface area contributed by atoms with Gasteiger partial charge in [0.1, 0.15) is 5.52 Å². The first-order chi connectivity index (χ1) is 16.0. The van der Waals surface area contributed by atoms with Gasteiger partial charge in [-0.15, -0.1) is 0 Å². The molecule has 0 aliphatic rings. The second-order valence-electron chi connectivity index (χ2n) is 8.92. The molecule has 0 amide bonds. The number of fused-ring (bicyclic) bond motifs is 4. The normalized spacial score (nSPS) is 12.2. The number of nitrogens with zero attached hydrogens (tertiary/aromatic N) is 4. The highest BCUT2D eigenvalue weighted by atomic mass is 16.1. The summed E-state index contributed by atoms with van der Waals surface area (Å²) in [5.74, 6) is 0. The molecule has 33 heavy (non-hydrogen) atoms. The molecule has 5 heteroatoms. The summed E-state index contributed by atoms with van der Waals surface area (Å²) in [4.78, 5) is 18.8. The number of aromatic nitrogens is 2. The van der Waals surface area contributed by atoms with Crippen LogP contribution in [0.5, 0.6) is 0 Å². The van der Waals surface area contributed by atoms with Crippen LogP contribution in [-0.4, -0.2) is 58.2 Å². The van der Waals surface area contributed by atoms with E-state index in [1.165, 1.54) is 10.9 Å². The van der Waals surface area contributed by atoms with Crippen molar-refractivity contribution in [2.45, 2.75) is 47.7 Å². The first kappa shape index (κ1) is 23.5. The number of hydrogen-bond donors (Lipinski definition) is 0. The Kier molecular flexibility index (Phi) is 7.20. The molecule has 0 saturated carbocycles.